The van der Waals surface area contributed by atoms with Crippen LogP contribution in [-0.2, 0) is 9.59 Å². The van der Waals surface area contributed by atoms with E-state index in [4.69, 9.17) is 0 Å². The zero-order valence-electron chi connectivity index (χ0n) is 16.4. The number of para-hydroxylation sites is 1. The molecule has 3 saturated heterocycles. The Hall–Kier alpha value is -1.44. The summed E-state index contributed by atoms with van der Waals surface area (Å²) in [6.07, 6.45) is 2.98. The van der Waals surface area contributed by atoms with Crippen molar-refractivity contribution < 1.29 is 9.59 Å². The van der Waals surface area contributed by atoms with Crippen molar-refractivity contribution in [1.82, 2.24) is 14.7 Å². The Balaban J connectivity index is 1.27. The average molecular weight is 449 g/mol. The minimum Gasteiger partial charge on any atom is -0.340 e. The minimum atomic E-state index is -0.226. The molecule has 0 N–H and O–H groups in total. The van der Waals surface area contributed by atoms with E-state index in [1.54, 1.807) is 4.90 Å². The van der Waals surface area contributed by atoms with Crippen molar-refractivity contribution in [3.05, 3.63) is 28.7 Å². The number of amides is 2. The number of benzene rings is 1. The Kier molecular flexibility index (Phi) is 6.33. The Bertz CT molecular complexity index is 714. The fourth-order valence-electron chi connectivity index (χ4n) is 4.52. The van der Waals surface area contributed by atoms with Crippen molar-refractivity contribution in [1.29, 1.82) is 0 Å². The number of likely N-dealkylation sites (tertiary alicyclic amines) is 1. The highest BCUT2D eigenvalue weighted by molar-refractivity contribution is 9.10. The summed E-state index contributed by atoms with van der Waals surface area (Å²) in [6, 6.07) is 7.71. The number of piperazine rings is 1. The maximum atomic E-state index is 13.0. The van der Waals surface area contributed by atoms with Crippen LogP contribution in [0.4, 0.5) is 5.69 Å². The highest BCUT2D eigenvalue weighted by Crippen LogP contribution is 2.32. The van der Waals surface area contributed by atoms with Gasteiger partial charge >= 0.3 is 0 Å². The third-order valence-electron chi connectivity index (χ3n) is 6.23. The summed E-state index contributed by atoms with van der Waals surface area (Å²) < 4.78 is 0.892. The Morgan fingerprint density at radius 1 is 0.964 bits per heavy atom. The van der Waals surface area contributed by atoms with E-state index >= 15 is 0 Å². The molecule has 3 heterocycles. The Morgan fingerprint density at radius 2 is 1.61 bits per heavy atom. The summed E-state index contributed by atoms with van der Waals surface area (Å²) in [5.41, 5.74) is 0.856. The van der Waals surface area contributed by atoms with E-state index in [2.05, 4.69) is 25.7 Å². The van der Waals surface area contributed by atoms with Gasteiger partial charge in [0.1, 0.15) is 0 Å². The average Bonchev–Trinajstić information content (AvgIpc) is 3.36. The van der Waals surface area contributed by atoms with Crippen LogP contribution in [-0.4, -0.2) is 85.4 Å². The second-order valence-electron chi connectivity index (χ2n) is 8.07. The monoisotopic (exact) mass is 448 g/mol. The van der Waals surface area contributed by atoms with E-state index < -0.39 is 0 Å². The largest absolute Gasteiger partial charge is 0.340 e. The summed E-state index contributed by atoms with van der Waals surface area (Å²) in [6.45, 7) is 8.63. The van der Waals surface area contributed by atoms with Gasteiger partial charge in [0.2, 0.25) is 11.8 Å². The van der Waals surface area contributed by atoms with E-state index in [9.17, 15) is 9.59 Å². The van der Waals surface area contributed by atoms with Crippen molar-refractivity contribution in [2.75, 3.05) is 63.8 Å². The van der Waals surface area contributed by atoms with Crippen molar-refractivity contribution in [2.45, 2.75) is 19.3 Å². The summed E-state index contributed by atoms with van der Waals surface area (Å²) >= 11 is 3.51. The molecule has 0 spiro atoms. The van der Waals surface area contributed by atoms with Crippen LogP contribution in [0, 0.1) is 5.92 Å². The molecule has 1 unspecified atom stereocenters. The number of carbonyl (C=O) groups is 2. The van der Waals surface area contributed by atoms with Gasteiger partial charge < -0.3 is 14.7 Å². The third-order valence-corrected chi connectivity index (χ3v) is 6.90. The maximum Gasteiger partial charge on any atom is 0.228 e. The lowest BCUT2D eigenvalue weighted by Gasteiger charge is -2.36. The smallest absolute Gasteiger partial charge is 0.228 e. The predicted octanol–water partition coefficient (Wildman–Crippen LogP) is 2.04. The van der Waals surface area contributed by atoms with E-state index in [0.717, 1.165) is 49.4 Å². The molecule has 3 aliphatic rings. The molecule has 2 amide bonds. The van der Waals surface area contributed by atoms with Crippen LogP contribution >= 0.6 is 15.9 Å². The van der Waals surface area contributed by atoms with E-state index in [0.29, 0.717) is 13.0 Å². The zero-order valence-corrected chi connectivity index (χ0v) is 17.9. The molecule has 1 atom stereocenters. The van der Waals surface area contributed by atoms with Crippen LogP contribution in [0.25, 0.3) is 0 Å². The molecule has 1 aromatic carbocycles. The van der Waals surface area contributed by atoms with Crippen LogP contribution in [0.3, 0.4) is 0 Å². The van der Waals surface area contributed by atoms with Gasteiger partial charge in [0.05, 0.1) is 11.6 Å². The number of nitrogens with zero attached hydrogens (tertiary/aromatic N) is 4. The molecular formula is C21H29BrN4O2. The molecule has 6 nitrogen and oxygen atoms in total. The molecule has 0 radical (unpaired) electrons. The fraction of sp³-hybridized carbons (Fsp3) is 0.619. The van der Waals surface area contributed by atoms with Gasteiger partial charge in [-0.2, -0.15) is 0 Å². The standard InChI is InChI=1S/C21H29BrN4O2/c22-18-5-1-2-6-19(18)26-16-17(15-20(26)27)21(28)25-13-11-24(12-14-25)10-9-23-7-3-4-8-23/h1-2,5-6,17H,3-4,7-16H2. The lowest BCUT2D eigenvalue weighted by Crippen LogP contribution is -2.51. The first-order valence-corrected chi connectivity index (χ1v) is 11.2. The summed E-state index contributed by atoms with van der Waals surface area (Å²) in [5, 5.41) is 0. The van der Waals surface area contributed by atoms with Crippen molar-refractivity contribution in [2.24, 2.45) is 5.92 Å². The van der Waals surface area contributed by atoms with Crippen LogP contribution in [0.15, 0.2) is 28.7 Å². The number of hydrogen-bond acceptors (Lipinski definition) is 4. The first kappa shape index (κ1) is 19.9. The second kappa shape index (κ2) is 8.93. The quantitative estimate of drug-likeness (QED) is 0.691. The lowest BCUT2D eigenvalue weighted by molar-refractivity contribution is -0.137. The first-order valence-electron chi connectivity index (χ1n) is 10.4. The minimum absolute atomic E-state index is 0.0366. The second-order valence-corrected chi connectivity index (χ2v) is 8.93. The molecule has 1 aromatic rings. The number of carbonyl (C=O) groups excluding carboxylic acids is 2. The van der Waals surface area contributed by atoms with Gasteiger partial charge in [-0.05, 0) is 54.0 Å². The van der Waals surface area contributed by atoms with E-state index in [1.165, 1.54) is 25.9 Å². The maximum absolute atomic E-state index is 13.0. The fourth-order valence-corrected chi connectivity index (χ4v) is 5.01. The van der Waals surface area contributed by atoms with E-state index in [-0.39, 0.29) is 17.7 Å². The number of anilines is 1. The van der Waals surface area contributed by atoms with Crippen LogP contribution < -0.4 is 4.90 Å². The molecule has 0 aromatic heterocycles. The third kappa shape index (κ3) is 4.42. The number of halogens is 1. The number of rotatable bonds is 5. The highest BCUT2D eigenvalue weighted by Gasteiger charge is 2.38. The molecular weight excluding hydrogens is 420 g/mol. The van der Waals surface area contributed by atoms with Gasteiger partial charge in [-0.3, -0.25) is 14.5 Å². The van der Waals surface area contributed by atoms with Gasteiger partial charge in [0.15, 0.2) is 0 Å². The van der Waals surface area contributed by atoms with Gasteiger partial charge in [-0.15, -0.1) is 0 Å². The normalized spacial score (nSPS) is 24.3. The first-order chi connectivity index (χ1) is 13.6. The molecule has 0 aliphatic carbocycles. The molecule has 7 heteroatoms. The SMILES string of the molecule is O=C(C1CC(=O)N(c2ccccc2Br)C1)N1CCN(CCN2CCCC2)CC1. The zero-order chi connectivity index (χ0) is 19.5. The van der Waals surface area contributed by atoms with E-state index in [1.807, 2.05) is 29.2 Å². The Labute approximate surface area is 175 Å². The van der Waals surface area contributed by atoms with Crippen molar-refractivity contribution in [3.63, 3.8) is 0 Å². The lowest BCUT2D eigenvalue weighted by atomic mass is 10.1. The van der Waals surface area contributed by atoms with Crippen molar-refractivity contribution in [3.8, 4) is 0 Å². The molecule has 4 rings (SSSR count). The van der Waals surface area contributed by atoms with Crippen LogP contribution in [0.5, 0.6) is 0 Å². The molecule has 28 heavy (non-hydrogen) atoms. The van der Waals surface area contributed by atoms with Gasteiger partial charge in [-0.1, -0.05) is 12.1 Å². The number of hydrogen-bond donors (Lipinski definition) is 0. The predicted molar refractivity (Wildman–Crippen MR) is 113 cm³/mol. The molecule has 3 fully saturated rings. The van der Waals surface area contributed by atoms with Gasteiger partial charge in [0, 0.05) is 56.7 Å². The molecule has 152 valence electrons. The van der Waals surface area contributed by atoms with Crippen molar-refractivity contribution >= 4 is 33.4 Å². The summed E-state index contributed by atoms with van der Waals surface area (Å²) in [5.74, 6) is -0.0487. The van der Waals surface area contributed by atoms with Gasteiger partial charge in [-0.25, -0.2) is 0 Å². The summed E-state index contributed by atoms with van der Waals surface area (Å²) in [7, 11) is 0. The van der Waals surface area contributed by atoms with Crippen LogP contribution in [0.2, 0.25) is 0 Å². The summed E-state index contributed by atoms with van der Waals surface area (Å²) in [4.78, 5) is 34.2. The highest BCUT2D eigenvalue weighted by atomic mass is 79.9. The topological polar surface area (TPSA) is 47.1 Å². The molecule has 3 aliphatic heterocycles. The Morgan fingerprint density at radius 3 is 2.29 bits per heavy atom. The molecule has 0 bridgehead atoms. The van der Waals surface area contributed by atoms with Gasteiger partial charge in [0.25, 0.3) is 0 Å². The van der Waals surface area contributed by atoms with Crippen LogP contribution in [0.1, 0.15) is 19.3 Å². The molecule has 0 saturated carbocycles.